The fourth-order valence-corrected chi connectivity index (χ4v) is 12.1. The highest BCUT2D eigenvalue weighted by molar-refractivity contribution is 5.92. The minimum atomic E-state index is -2.22. The number of hydrogen-bond acceptors (Lipinski definition) is 28. The maximum Gasteiger partial charge on any atom is 0.338 e. The molecule has 5 aliphatic rings. The molecule has 11 rings (SSSR count). The Kier molecular flexibility index (Phi) is 24.9. The van der Waals surface area contributed by atoms with Gasteiger partial charge in [0.1, 0.15) is 79.9 Å². The molecule has 0 aromatic heterocycles. The van der Waals surface area contributed by atoms with Crippen molar-refractivity contribution < 1.29 is 136 Å². The molecular formula is C72H78O28. The van der Waals surface area contributed by atoms with Crippen LogP contribution in [0.4, 0.5) is 0 Å². The van der Waals surface area contributed by atoms with E-state index >= 15 is 0 Å². The van der Waals surface area contributed by atoms with Crippen LogP contribution in [0, 0.1) is 0 Å². The van der Waals surface area contributed by atoms with Crippen LogP contribution in [0.1, 0.15) is 77.6 Å². The zero-order valence-corrected chi connectivity index (χ0v) is 54.0. The molecule has 0 saturated carbocycles. The Morgan fingerprint density at radius 2 is 0.760 bits per heavy atom. The van der Waals surface area contributed by atoms with Crippen LogP contribution in [-0.4, -0.2) is 238 Å². The van der Waals surface area contributed by atoms with Crippen LogP contribution >= 0.6 is 0 Å². The van der Waals surface area contributed by atoms with E-state index in [0.717, 1.165) is 0 Å². The van der Waals surface area contributed by atoms with Crippen LogP contribution in [0.3, 0.4) is 0 Å². The van der Waals surface area contributed by atoms with Crippen LogP contribution in [0.15, 0.2) is 182 Å². The Hall–Kier alpha value is -8.05. The fraction of sp³-hybridized carbons (Fsp3) is 0.431. The van der Waals surface area contributed by atoms with Gasteiger partial charge in [-0.3, -0.25) is 0 Å². The summed E-state index contributed by atoms with van der Waals surface area (Å²) in [6, 6.07) is 46.5. The number of benzene rings is 6. The van der Waals surface area contributed by atoms with Gasteiger partial charge in [-0.25, -0.2) is 24.0 Å². The highest BCUT2D eigenvalue weighted by Gasteiger charge is 2.60. The van der Waals surface area contributed by atoms with E-state index in [1.54, 1.807) is 84.9 Å². The maximum atomic E-state index is 14.9. The zero-order chi connectivity index (χ0) is 70.6. The predicted molar refractivity (Wildman–Crippen MR) is 340 cm³/mol. The minimum absolute atomic E-state index is 0.0193. The number of hydrogen-bond donors (Lipinski definition) is 8. The monoisotopic (exact) mass is 1390 g/mol. The number of ether oxygens (including phenoxy) is 15. The molecule has 5 fully saturated rings. The van der Waals surface area contributed by atoms with Gasteiger partial charge < -0.3 is 112 Å². The predicted octanol–water partition coefficient (Wildman–Crippen LogP) is 2.71. The van der Waals surface area contributed by atoms with E-state index in [1.165, 1.54) is 111 Å². The first-order valence-corrected chi connectivity index (χ1v) is 32.5. The van der Waals surface area contributed by atoms with Gasteiger partial charge in [-0.2, -0.15) is 0 Å². The normalized spacial score (nSPS) is 33.6. The van der Waals surface area contributed by atoms with Crippen molar-refractivity contribution in [2.45, 2.75) is 174 Å². The van der Waals surface area contributed by atoms with Gasteiger partial charge in [0.25, 0.3) is 0 Å². The smallest absolute Gasteiger partial charge is 0.338 e. The van der Waals surface area contributed by atoms with E-state index in [0.29, 0.717) is 5.56 Å². The van der Waals surface area contributed by atoms with Gasteiger partial charge in [0.05, 0.1) is 65.9 Å². The molecule has 5 heterocycles. The number of rotatable bonds is 24. The van der Waals surface area contributed by atoms with Crippen molar-refractivity contribution >= 4 is 29.8 Å². The van der Waals surface area contributed by atoms with Crippen molar-refractivity contribution in [1.29, 1.82) is 0 Å². The third-order valence-corrected chi connectivity index (χ3v) is 17.5. The van der Waals surface area contributed by atoms with Crippen molar-refractivity contribution in [2.75, 3.05) is 19.8 Å². The molecule has 6 aromatic rings. The van der Waals surface area contributed by atoms with E-state index in [4.69, 9.17) is 71.1 Å². The summed E-state index contributed by atoms with van der Waals surface area (Å²) in [4.78, 5) is 72.3. The maximum absolute atomic E-state index is 14.9. The molecule has 28 heteroatoms. The Morgan fingerprint density at radius 1 is 0.360 bits per heavy atom. The lowest BCUT2D eigenvalue weighted by atomic mass is 9.95. The Balaban J connectivity index is 1.03. The van der Waals surface area contributed by atoms with Crippen molar-refractivity contribution in [2.24, 2.45) is 0 Å². The second-order valence-electron chi connectivity index (χ2n) is 24.3. The molecule has 28 nitrogen and oxygen atoms in total. The number of carbonyl (C=O) groups is 5. The lowest BCUT2D eigenvalue weighted by Gasteiger charge is -2.51. The molecule has 0 aliphatic carbocycles. The topological polar surface area (TPSA) is 386 Å². The Morgan fingerprint density at radius 3 is 1.27 bits per heavy atom. The van der Waals surface area contributed by atoms with Gasteiger partial charge in [0, 0.05) is 6.42 Å². The highest BCUT2D eigenvalue weighted by Crippen LogP contribution is 2.40. The molecule has 0 spiro atoms. The summed E-state index contributed by atoms with van der Waals surface area (Å²) in [5.41, 5.74) is 0.485. The van der Waals surface area contributed by atoms with Gasteiger partial charge in [0.15, 0.2) is 55.9 Å². The Bertz CT molecular complexity index is 3590. The van der Waals surface area contributed by atoms with Crippen molar-refractivity contribution in [3.05, 3.63) is 215 Å². The molecule has 0 bridgehead atoms. The van der Waals surface area contributed by atoms with Gasteiger partial charge in [-0.15, -0.1) is 0 Å². The third kappa shape index (κ3) is 17.5. The molecule has 534 valence electrons. The Labute approximate surface area is 573 Å². The first-order chi connectivity index (χ1) is 48.4. The lowest BCUT2D eigenvalue weighted by Crippen LogP contribution is -2.69. The van der Waals surface area contributed by atoms with Crippen LogP contribution in [0.5, 0.6) is 0 Å². The molecule has 24 atom stereocenters. The van der Waals surface area contributed by atoms with Crippen molar-refractivity contribution in [3.8, 4) is 0 Å². The lowest BCUT2D eigenvalue weighted by molar-refractivity contribution is -0.405. The van der Waals surface area contributed by atoms with Gasteiger partial charge in [-0.05, 0) is 80.1 Å². The SMILES string of the molecule is C[C@@H]1O[C@@H](O[C@@H]2[C@@H](OC(=O)c3ccccc3)[C@H](O)O[C@H](COC(=O)c3ccccc3)[C@@H]2OC(=O)c2ccccc2)[C@H](OC(=O)c2ccccc2)[C@H](OC(=O)c2ccccc2)[C@H]1O[C@H]1O[C@H](CO)[C@@H](O)[C@H](O[C@H]2O[C@H](C)[C@H](O)C[C@H]2O)[C@@H]1O[C@H]1O[C@H](CO)[C@H](O)[C@H](O)[C@H]1OCc1ccccc1. The summed E-state index contributed by atoms with van der Waals surface area (Å²) in [5, 5.41) is 91.3. The zero-order valence-electron chi connectivity index (χ0n) is 54.0. The number of esters is 5. The molecule has 0 amide bonds. The van der Waals surface area contributed by atoms with E-state index in [1.807, 2.05) is 0 Å². The largest absolute Gasteiger partial charge is 0.459 e. The second-order valence-corrected chi connectivity index (χ2v) is 24.3. The van der Waals surface area contributed by atoms with E-state index < -0.39 is 197 Å². The number of carbonyl (C=O) groups excluding carboxylic acids is 5. The summed E-state index contributed by atoms with van der Waals surface area (Å²) in [7, 11) is 0. The van der Waals surface area contributed by atoms with Gasteiger partial charge in [-0.1, -0.05) is 121 Å². The van der Waals surface area contributed by atoms with Gasteiger partial charge >= 0.3 is 29.8 Å². The summed E-state index contributed by atoms with van der Waals surface area (Å²) in [5.74, 6) is -5.15. The van der Waals surface area contributed by atoms with Crippen LogP contribution in [-0.2, 0) is 77.7 Å². The fourth-order valence-electron chi connectivity index (χ4n) is 12.1. The highest BCUT2D eigenvalue weighted by atomic mass is 16.8. The molecular weight excluding hydrogens is 1310 g/mol. The summed E-state index contributed by atoms with van der Waals surface area (Å²) in [6.45, 7) is 0.0201. The third-order valence-electron chi connectivity index (χ3n) is 17.5. The average molecular weight is 1390 g/mol. The first-order valence-electron chi connectivity index (χ1n) is 32.5. The molecule has 0 radical (unpaired) electrons. The van der Waals surface area contributed by atoms with E-state index in [9.17, 15) is 64.8 Å². The molecule has 5 saturated heterocycles. The second kappa shape index (κ2) is 34.1. The quantitative estimate of drug-likeness (QED) is 0.0319. The van der Waals surface area contributed by atoms with E-state index in [-0.39, 0.29) is 40.8 Å². The summed E-state index contributed by atoms with van der Waals surface area (Å²) in [6.07, 6.45) is -43.6. The van der Waals surface area contributed by atoms with Crippen molar-refractivity contribution in [1.82, 2.24) is 0 Å². The van der Waals surface area contributed by atoms with Crippen molar-refractivity contribution in [3.63, 3.8) is 0 Å². The summed E-state index contributed by atoms with van der Waals surface area (Å²) < 4.78 is 95.5. The first kappa shape index (κ1) is 73.2. The van der Waals surface area contributed by atoms with Crippen LogP contribution in [0.2, 0.25) is 0 Å². The molecule has 5 aliphatic heterocycles. The molecule has 6 aromatic carbocycles. The minimum Gasteiger partial charge on any atom is -0.459 e. The standard InChI is InChI=1S/C72H78O28/c1-38-46(75)33-47(76)69(88-38)98-56-52(78)49(35-74)92-72(61(56)100-70-57(53(79)51(77)48(34-73)91-70)86-36-40-21-9-3-10-22-40)97-54-39(2)89-71(62(96-67(84)45-31-19-8-20-32-45)58(54)94-65(82)43-27-15-6-16-28-43)99-59-55(93-64(81)42-25-13-5-14-26-42)50(37-87-63(80)41-23-11-4-12-24-41)90-68(85)60(59)95-66(83)44-29-17-7-18-30-44/h3-32,38-39,46-62,68-79,85H,33-37H2,1-2H3/t38-,39+,46-,47-,48-,49-,50-,51+,52-,53+,54+,55+,56+,57-,58-,59+,60-,61+,62-,68-,69-,70-,71+,72-/m1/s1. The van der Waals surface area contributed by atoms with Crippen LogP contribution in [0.25, 0.3) is 0 Å². The molecule has 8 N–H and O–H groups in total. The average Bonchev–Trinajstić information content (AvgIpc) is 0.755. The summed E-state index contributed by atoms with van der Waals surface area (Å²) >= 11 is 0. The van der Waals surface area contributed by atoms with Gasteiger partial charge in [0.2, 0.25) is 0 Å². The molecule has 100 heavy (non-hydrogen) atoms. The number of aliphatic hydroxyl groups excluding tert-OH is 8. The number of aliphatic hydroxyl groups is 8. The van der Waals surface area contributed by atoms with Crippen LogP contribution < -0.4 is 0 Å². The molecule has 0 unspecified atom stereocenters. The van der Waals surface area contributed by atoms with E-state index in [2.05, 4.69) is 0 Å².